The molecule has 68 valence electrons. The van der Waals surface area contributed by atoms with Crippen molar-refractivity contribution in [1.29, 1.82) is 0 Å². The highest BCUT2D eigenvalue weighted by molar-refractivity contribution is 5.78. The minimum absolute atomic E-state index is 0.910. The average molecular weight is 185 g/mol. The van der Waals surface area contributed by atoms with Crippen LogP contribution in [0.3, 0.4) is 0 Å². The SMILES string of the molecule is c1cc2cnn(-c3cn[nH]c3)c2cn1. The Hall–Kier alpha value is -2.17. The molecular formula is C9H7N5. The van der Waals surface area contributed by atoms with E-state index in [4.69, 9.17) is 0 Å². The monoisotopic (exact) mass is 185 g/mol. The quantitative estimate of drug-likeness (QED) is 0.618. The molecule has 5 heteroatoms. The van der Waals surface area contributed by atoms with Gasteiger partial charge in [0.1, 0.15) is 5.69 Å². The van der Waals surface area contributed by atoms with E-state index in [2.05, 4.69) is 20.3 Å². The number of hydrogen-bond acceptors (Lipinski definition) is 3. The molecule has 0 aliphatic carbocycles. The maximum atomic E-state index is 4.25. The normalized spacial score (nSPS) is 10.9. The summed E-state index contributed by atoms with van der Waals surface area (Å²) in [7, 11) is 0. The first kappa shape index (κ1) is 7.25. The summed E-state index contributed by atoms with van der Waals surface area (Å²) in [5, 5.41) is 12.0. The van der Waals surface area contributed by atoms with Crippen LogP contribution in [0.2, 0.25) is 0 Å². The molecule has 3 aromatic heterocycles. The van der Waals surface area contributed by atoms with Crippen molar-refractivity contribution in [1.82, 2.24) is 25.0 Å². The van der Waals surface area contributed by atoms with Gasteiger partial charge in [0.05, 0.1) is 24.1 Å². The van der Waals surface area contributed by atoms with E-state index >= 15 is 0 Å². The molecule has 0 aliphatic heterocycles. The van der Waals surface area contributed by atoms with E-state index in [1.807, 2.05) is 12.3 Å². The first-order valence-corrected chi connectivity index (χ1v) is 4.22. The van der Waals surface area contributed by atoms with Gasteiger partial charge in [0.15, 0.2) is 0 Å². The fourth-order valence-electron chi connectivity index (χ4n) is 1.43. The van der Waals surface area contributed by atoms with Gasteiger partial charge in [0.25, 0.3) is 0 Å². The van der Waals surface area contributed by atoms with E-state index < -0.39 is 0 Å². The van der Waals surface area contributed by atoms with Crippen LogP contribution in [0.5, 0.6) is 0 Å². The van der Waals surface area contributed by atoms with Gasteiger partial charge >= 0.3 is 0 Å². The summed E-state index contributed by atoms with van der Waals surface area (Å²) < 4.78 is 1.80. The van der Waals surface area contributed by atoms with Crippen LogP contribution in [-0.2, 0) is 0 Å². The first-order valence-electron chi connectivity index (χ1n) is 4.22. The lowest BCUT2D eigenvalue weighted by Gasteiger charge is -1.96. The van der Waals surface area contributed by atoms with Crippen molar-refractivity contribution in [3.63, 3.8) is 0 Å². The zero-order valence-corrected chi connectivity index (χ0v) is 7.25. The van der Waals surface area contributed by atoms with Gasteiger partial charge in [-0.1, -0.05) is 0 Å². The number of pyridine rings is 1. The fraction of sp³-hybridized carbons (Fsp3) is 0. The molecule has 0 saturated heterocycles. The molecule has 5 nitrogen and oxygen atoms in total. The second kappa shape index (κ2) is 2.66. The summed E-state index contributed by atoms with van der Waals surface area (Å²) in [6.07, 6.45) is 8.86. The van der Waals surface area contributed by atoms with Gasteiger partial charge in [-0.15, -0.1) is 0 Å². The molecule has 0 aliphatic rings. The van der Waals surface area contributed by atoms with Gasteiger partial charge in [-0.3, -0.25) is 10.1 Å². The molecule has 0 bridgehead atoms. The molecule has 1 N–H and O–H groups in total. The van der Waals surface area contributed by atoms with Gasteiger partial charge in [0, 0.05) is 17.8 Å². The zero-order chi connectivity index (χ0) is 9.38. The van der Waals surface area contributed by atoms with E-state index in [-0.39, 0.29) is 0 Å². The Morgan fingerprint density at radius 2 is 2.21 bits per heavy atom. The van der Waals surface area contributed by atoms with Crippen LogP contribution in [0.1, 0.15) is 0 Å². The summed E-state index contributed by atoms with van der Waals surface area (Å²) in [5.41, 5.74) is 1.89. The van der Waals surface area contributed by atoms with Gasteiger partial charge in [0.2, 0.25) is 0 Å². The second-order valence-corrected chi connectivity index (χ2v) is 2.95. The van der Waals surface area contributed by atoms with Crippen LogP contribution < -0.4 is 0 Å². The number of rotatable bonds is 1. The van der Waals surface area contributed by atoms with E-state index in [0.29, 0.717) is 0 Å². The molecule has 0 saturated carbocycles. The number of nitrogens with zero attached hydrogens (tertiary/aromatic N) is 4. The van der Waals surface area contributed by atoms with Crippen molar-refractivity contribution in [2.75, 3.05) is 0 Å². The summed E-state index contributed by atoms with van der Waals surface area (Å²) in [5.74, 6) is 0. The van der Waals surface area contributed by atoms with E-state index in [0.717, 1.165) is 16.6 Å². The predicted octanol–water partition coefficient (Wildman–Crippen LogP) is 1.14. The lowest BCUT2D eigenvalue weighted by atomic mass is 10.3. The third-order valence-electron chi connectivity index (χ3n) is 2.10. The molecule has 0 fully saturated rings. The molecule has 3 rings (SSSR count). The maximum Gasteiger partial charge on any atom is 0.103 e. The standard InChI is InChI=1S/C9H7N5/c1-2-10-6-9-7(1)3-13-14(9)8-4-11-12-5-8/h1-6H,(H,11,12). The Morgan fingerprint density at radius 1 is 1.21 bits per heavy atom. The number of fused-ring (bicyclic) bond motifs is 1. The van der Waals surface area contributed by atoms with E-state index in [1.165, 1.54) is 0 Å². The minimum atomic E-state index is 0.910. The number of H-pyrrole nitrogens is 1. The maximum absolute atomic E-state index is 4.25. The van der Waals surface area contributed by atoms with Crippen molar-refractivity contribution >= 4 is 10.9 Å². The van der Waals surface area contributed by atoms with Gasteiger partial charge < -0.3 is 0 Å². The molecule has 3 aromatic rings. The molecule has 0 aromatic carbocycles. The Morgan fingerprint density at radius 3 is 3.07 bits per heavy atom. The van der Waals surface area contributed by atoms with Crippen molar-refractivity contribution < 1.29 is 0 Å². The minimum Gasteiger partial charge on any atom is -0.283 e. The number of hydrogen-bond donors (Lipinski definition) is 1. The molecule has 14 heavy (non-hydrogen) atoms. The lowest BCUT2D eigenvalue weighted by molar-refractivity contribution is 0.909. The molecule has 0 amide bonds. The van der Waals surface area contributed by atoms with Gasteiger partial charge in [-0.05, 0) is 6.07 Å². The topological polar surface area (TPSA) is 59.4 Å². The summed E-state index contributed by atoms with van der Waals surface area (Å²) in [4.78, 5) is 4.06. The lowest BCUT2D eigenvalue weighted by Crippen LogP contribution is -1.93. The van der Waals surface area contributed by atoms with Crippen LogP contribution in [0.25, 0.3) is 16.6 Å². The Labute approximate surface area is 79.4 Å². The highest BCUT2D eigenvalue weighted by Gasteiger charge is 2.04. The first-order chi connectivity index (χ1) is 6.95. The second-order valence-electron chi connectivity index (χ2n) is 2.95. The van der Waals surface area contributed by atoms with Gasteiger partial charge in [-0.2, -0.15) is 10.2 Å². The molecular weight excluding hydrogens is 178 g/mol. The highest BCUT2D eigenvalue weighted by atomic mass is 15.3. The Kier molecular flexibility index (Phi) is 1.38. The third kappa shape index (κ3) is 0.922. The van der Waals surface area contributed by atoms with E-state index in [9.17, 15) is 0 Å². The summed E-state index contributed by atoms with van der Waals surface area (Å²) >= 11 is 0. The van der Waals surface area contributed by atoms with Gasteiger partial charge in [-0.25, -0.2) is 4.68 Å². The Bertz CT molecular complexity index is 551. The zero-order valence-electron chi connectivity index (χ0n) is 7.25. The largest absolute Gasteiger partial charge is 0.283 e. The molecule has 0 spiro atoms. The summed E-state index contributed by atoms with van der Waals surface area (Å²) in [6.45, 7) is 0. The van der Waals surface area contributed by atoms with Crippen LogP contribution >= 0.6 is 0 Å². The molecule has 0 radical (unpaired) electrons. The number of aromatic amines is 1. The van der Waals surface area contributed by atoms with Crippen molar-refractivity contribution in [2.45, 2.75) is 0 Å². The smallest absolute Gasteiger partial charge is 0.103 e. The predicted molar refractivity (Wildman–Crippen MR) is 51.0 cm³/mol. The number of nitrogens with one attached hydrogen (secondary N) is 1. The van der Waals surface area contributed by atoms with Crippen LogP contribution in [-0.4, -0.2) is 25.0 Å². The number of aromatic nitrogens is 5. The third-order valence-corrected chi connectivity index (χ3v) is 2.10. The summed E-state index contributed by atoms with van der Waals surface area (Å²) in [6, 6.07) is 1.93. The van der Waals surface area contributed by atoms with Crippen LogP contribution in [0.4, 0.5) is 0 Å². The van der Waals surface area contributed by atoms with Crippen LogP contribution in [0, 0.1) is 0 Å². The van der Waals surface area contributed by atoms with Crippen molar-refractivity contribution in [3.05, 3.63) is 37.1 Å². The fourth-order valence-corrected chi connectivity index (χ4v) is 1.43. The van der Waals surface area contributed by atoms with Crippen molar-refractivity contribution in [3.8, 4) is 5.69 Å². The van der Waals surface area contributed by atoms with E-state index in [1.54, 1.807) is 29.5 Å². The molecule has 0 atom stereocenters. The molecule has 3 heterocycles. The van der Waals surface area contributed by atoms with Crippen LogP contribution in [0.15, 0.2) is 37.1 Å². The average Bonchev–Trinajstić information content (AvgIpc) is 2.85. The Balaban J connectivity index is 2.33. The highest BCUT2D eigenvalue weighted by Crippen LogP contribution is 2.15. The van der Waals surface area contributed by atoms with Crippen molar-refractivity contribution in [2.24, 2.45) is 0 Å². The molecule has 0 unspecified atom stereocenters.